The third-order valence-corrected chi connectivity index (χ3v) is 8.62. The van der Waals surface area contributed by atoms with Gasteiger partial charge in [0.15, 0.2) is 0 Å². The molecule has 1 unspecified atom stereocenters. The van der Waals surface area contributed by atoms with Crippen LogP contribution in [0, 0.1) is 0 Å². The molecule has 45 heavy (non-hydrogen) atoms. The van der Waals surface area contributed by atoms with Crippen LogP contribution in [-0.4, -0.2) is 24.6 Å². The molecule has 0 aliphatic rings. The maximum absolute atomic E-state index is 12.4. The van der Waals surface area contributed by atoms with Crippen LogP contribution in [0.3, 0.4) is 0 Å². The standard InChI is InChI=1S/C41H76O4/c1-4-7-9-11-13-15-17-19-21-23-25-27-29-31-33-36-40(42)44-38-39(35-6-3)45-41(43)37-34-32-30-28-26-24-22-20-18-16-14-12-10-8-5-2/h19-22,39H,4-18,23-38H2,1-3H3. The molecule has 0 saturated heterocycles. The summed E-state index contributed by atoms with van der Waals surface area (Å²) in [4.78, 5) is 24.6. The van der Waals surface area contributed by atoms with Crippen LogP contribution in [-0.2, 0) is 19.1 Å². The molecule has 0 rings (SSSR count). The minimum Gasteiger partial charge on any atom is -0.462 e. The zero-order valence-corrected chi connectivity index (χ0v) is 30.4. The Kier molecular flexibility index (Phi) is 35.6. The highest BCUT2D eigenvalue weighted by Crippen LogP contribution is 2.13. The highest BCUT2D eigenvalue weighted by molar-refractivity contribution is 5.70. The lowest BCUT2D eigenvalue weighted by Crippen LogP contribution is -2.25. The van der Waals surface area contributed by atoms with Gasteiger partial charge in [-0.15, -0.1) is 0 Å². The molecule has 0 saturated carbocycles. The molecule has 0 radical (unpaired) electrons. The molecule has 4 nitrogen and oxygen atoms in total. The summed E-state index contributed by atoms with van der Waals surface area (Å²) in [6.07, 6.45) is 44.0. The van der Waals surface area contributed by atoms with Crippen LogP contribution in [0.15, 0.2) is 24.3 Å². The van der Waals surface area contributed by atoms with E-state index in [1.807, 2.05) is 0 Å². The van der Waals surface area contributed by atoms with Gasteiger partial charge in [0.05, 0.1) is 0 Å². The molecule has 0 aromatic rings. The number of hydrogen-bond donors (Lipinski definition) is 0. The molecule has 0 heterocycles. The van der Waals surface area contributed by atoms with Crippen molar-refractivity contribution in [1.29, 1.82) is 0 Å². The van der Waals surface area contributed by atoms with E-state index < -0.39 is 0 Å². The predicted octanol–water partition coefficient (Wildman–Crippen LogP) is 13.3. The number of esters is 2. The van der Waals surface area contributed by atoms with Crippen LogP contribution < -0.4 is 0 Å². The highest BCUT2D eigenvalue weighted by atomic mass is 16.6. The summed E-state index contributed by atoms with van der Waals surface area (Å²) in [5, 5.41) is 0. The molecule has 1 atom stereocenters. The number of carbonyl (C=O) groups excluding carboxylic acids is 2. The average Bonchev–Trinajstić information content (AvgIpc) is 3.03. The molecule has 264 valence electrons. The van der Waals surface area contributed by atoms with Crippen molar-refractivity contribution in [3.05, 3.63) is 24.3 Å². The lowest BCUT2D eigenvalue weighted by molar-refractivity contribution is -0.159. The second kappa shape index (κ2) is 36.9. The highest BCUT2D eigenvalue weighted by Gasteiger charge is 2.16. The Hall–Kier alpha value is -1.58. The SMILES string of the molecule is CCCCCCCCC=CCCCCCCCC(=O)OCC(CCC)OC(=O)CCCCCCCC=CCCCCCCCC. The van der Waals surface area contributed by atoms with Gasteiger partial charge in [0.1, 0.15) is 12.7 Å². The number of unbranched alkanes of at least 4 members (excludes halogenated alkanes) is 22. The Balaban J connectivity index is 3.68. The van der Waals surface area contributed by atoms with Gasteiger partial charge in [-0.2, -0.15) is 0 Å². The van der Waals surface area contributed by atoms with Gasteiger partial charge < -0.3 is 9.47 Å². The van der Waals surface area contributed by atoms with E-state index >= 15 is 0 Å². The molecule has 0 bridgehead atoms. The zero-order chi connectivity index (χ0) is 32.9. The first kappa shape index (κ1) is 43.4. The molecule has 4 heteroatoms. The van der Waals surface area contributed by atoms with Crippen LogP contribution in [0.2, 0.25) is 0 Å². The van der Waals surface area contributed by atoms with Gasteiger partial charge in [-0.25, -0.2) is 0 Å². The quantitative estimate of drug-likeness (QED) is 0.0396. The van der Waals surface area contributed by atoms with E-state index in [0.29, 0.717) is 12.8 Å². The summed E-state index contributed by atoms with van der Waals surface area (Å²) < 4.78 is 11.1. The summed E-state index contributed by atoms with van der Waals surface area (Å²) in [5.41, 5.74) is 0. The Morgan fingerprint density at radius 2 is 0.800 bits per heavy atom. The number of rotatable bonds is 35. The van der Waals surface area contributed by atoms with Gasteiger partial charge in [-0.05, 0) is 70.6 Å². The fraction of sp³-hybridized carbons (Fsp3) is 0.854. The largest absolute Gasteiger partial charge is 0.462 e. The number of ether oxygens (including phenoxy) is 2. The molecule has 0 spiro atoms. The minimum atomic E-state index is -0.316. The van der Waals surface area contributed by atoms with Gasteiger partial charge in [-0.3, -0.25) is 9.59 Å². The van der Waals surface area contributed by atoms with Crippen LogP contribution >= 0.6 is 0 Å². The molecule has 0 fully saturated rings. The van der Waals surface area contributed by atoms with Gasteiger partial charge >= 0.3 is 11.9 Å². The molecule has 0 N–H and O–H groups in total. The van der Waals surface area contributed by atoms with Crippen LogP contribution in [0.25, 0.3) is 0 Å². The van der Waals surface area contributed by atoms with E-state index in [2.05, 4.69) is 45.1 Å². The van der Waals surface area contributed by atoms with E-state index in [4.69, 9.17) is 9.47 Å². The van der Waals surface area contributed by atoms with E-state index in [0.717, 1.165) is 38.5 Å². The lowest BCUT2D eigenvalue weighted by atomic mass is 10.1. The van der Waals surface area contributed by atoms with Crippen molar-refractivity contribution in [3.8, 4) is 0 Å². The Morgan fingerprint density at radius 3 is 1.20 bits per heavy atom. The van der Waals surface area contributed by atoms with Crippen LogP contribution in [0.5, 0.6) is 0 Å². The maximum atomic E-state index is 12.4. The van der Waals surface area contributed by atoms with E-state index in [-0.39, 0.29) is 24.6 Å². The van der Waals surface area contributed by atoms with Crippen LogP contribution in [0.4, 0.5) is 0 Å². The van der Waals surface area contributed by atoms with Crippen molar-refractivity contribution in [3.63, 3.8) is 0 Å². The van der Waals surface area contributed by atoms with E-state index in [9.17, 15) is 9.59 Å². The summed E-state index contributed by atoms with van der Waals surface area (Å²) in [6, 6.07) is 0. The smallest absolute Gasteiger partial charge is 0.306 e. The first-order chi connectivity index (χ1) is 22.1. The van der Waals surface area contributed by atoms with Crippen molar-refractivity contribution in [2.24, 2.45) is 0 Å². The van der Waals surface area contributed by atoms with Gasteiger partial charge in [0, 0.05) is 12.8 Å². The van der Waals surface area contributed by atoms with Crippen molar-refractivity contribution in [2.75, 3.05) is 6.61 Å². The summed E-state index contributed by atoms with van der Waals surface area (Å²) in [7, 11) is 0. The fourth-order valence-electron chi connectivity index (χ4n) is 5.68. The summed E-state index contributed by atoms with van der Waals surface area (Å²) in [6.45, 7) is 6.79. The monoisotopic (exact) mass is 633 g/mol. The molecular weight excluding hydrogens is 556 g/mol. The number of allylic oxidation sites excluding steroid dienone is 4. The first-order valence-corrected chi connectivity index (χ1v) is 19.8. The van der Waals surface area contributed by atoms with Gasteiger partial charge in [-0.1, -0.05) is 154 Å². The molecular formula is C41H76O4. The normalized spacial score (nSPS) is 12.3. The number of hydrogen-bond acceptors (Lipinski definition) is 4. The minimum absolute atomic E-state index is 0.153. The molecule has 0 aromatic carbocycles. The van der Waals surface area contributed by atoms with Crippen molar-refractivity contribution in [2.45, 2.75) is 219 Å². The topological polar surface area (TPSA) is 52.6 Å². The lowest BCUT2D eigenvalue weighted by Gasteiger charge is -2.17. The molecule has 0 aliphatic heterocycles. The average molecular weight is 633 g/mol. The number of carbonyl (C=O) groups is 2. The Bertz CT molecular complexity index is 683. The third kappa shape index (κ3) is 35.1. The van der Waals surface area contributed by atoms with Gasteiger partial charge in [0.2, 0.25) is 0 Å². The second-order valence-corrected chi connectivity index (χ2v) is 13.3. The van der Waals surface area contributed by atoms with Crippen molar-refractivity contribution < 1.29 is 19.1 Å². The Morgan fingerprint density at radius 1 is 0.444 bits per heavy atom. The van der Waals surface area contributed by atoms with E-state index in [1.54, 1.807) is 0 Å². The summed E-state index contributed by atoms with van der Waals surface area (Å²) >= 11 is 0. The van der Waals surface area contributed by atoms with Crippen LogP contribution in [0.1, 0.15) is 213 Å². The zero-order valence-electron chi connectivity index (χ0n) is 30.4. The Labute approximate surface area is 281 Å². The molecule has 0 aliphatic carbocycles. The van der Waals surface area contributed by atoms with Gasteiger partial charge in [0.25, 0.3) is 0 Å². The maximum Gasteiger partial charge on any atom is 0.306 e. The summed E-state index contributed by atoms with van der Waals surface area (Å²) in [5.74, 6) is -0.318. The van der Waals surface area contributed by atoms with Crippen molar-refractivity contribution in [1.82, 2.24) is 0 Å². The van der Waals surface area contributed by atoms with E-state index in [1.165, 1.54) is 141 Å². The molecule has 0 aromatic heterocycles. The fourth-order valence-corrected chi connectivity index (χ4v) is 5.68. The molecule has 0 amide bonds. The first-order valence-electron chi connectivity index (χ1n) is 19.8. The third-order valence-electron chi connectivity index (χ3n) is 8.62. The predicted molar refractivity (Wildman–Crippen MR) is 195 cm³/mol. The second-order valence-electron chi connectivity index (χ2n) is 13.3. The van der Waals surface area contributed by atoms with Crippen molar-refractivity contribution >= 4 is 11.9 Å².